The molecule has 1 N–H and O–H groups in total. The van der Waals surface area contributed by atoms with Gasteiger partial charge in [-0.15, -0.1) is 0 Å². The predicted molar refractivity (Wildman–Crippen MR) is 97.9 cm³/mol. The van der Waals surface area contributed by atoms with E-state index in [2.05, 4.69) is 20.1 Å². The molecule has 142 valence electrons. The Bertz CT molecular complexity index is 584. The van der Waals surface area contributed by atoms with Crippen LogP contribution in [0.2, 0.25) is 0 Å². The van der Waals surface area contributed by atoms with Gasteiger partial charge in [-0.25, -0.2) is 4.98 Å². The second-order valence-corrected chi connectivity index (χ2v) is 6.53. The highest BCUT2D eigenvalue weighted by Gasteiger charge is 2.26. The molecule has 2 aliphatic rings. The third-order valence-electron chi connectivity index (χ3n) is 4.77. The van der Waals surface area contributed by atoms with Gasteiger partial charge in [-0.2, -0.15) is 0 Å². The first-order valence-corrected chi connectivity index (χ1v) is 9.27. The highest BCUT2D eigenvalue weighted by Crippen LogP contribution is 2.12. The third kappa shape index (κ3) is 5.15. The van der Waals surface area contributed by atoms with E-state index < -0.39 is 11.8 Å². The first kappa shape index (κ1) is 18.6. The van der Waals surface area contributed by atoms with E-state index in [9.17, 15) is 9.59 Å². The molecule has 8 heteroatoms. The number of nitrogens with zero attached hydrogens (tertiary/aromatic N) is 4. The number of hydrogen-bond acceptors (Lipinski definition) is 6. The first-order chi connectivity index (χ1) is 12.7. The van der Waals surface area contributed by atoms with E-state index in [0.29, 0.717) is 32.7 Å². The highest BCUT2D eigenvalue weighted by molar-refractivity contribution is 6.35. The molecule has 2 amide bonds. The van der Waals surface area contributed by atoms with Crippen LogP contribution in [-0.4, -0.2) is 92.2 Å². The van der Waals surface area contributed by atoms with E-state index in [1.165, 1.54) is 0 Å². The van der Waals surface area contributed by atoms with Crippen molar-refractivity contribution in [2.75, 3.05) is 70.5 Å². The van der Waals surface area contributed by atoms with Gasteiger partial charge in [0.2, 0.25) is 0 Å². The molecule has 3 heterocycles. The Morgan fingerprint density at radius 3 is 2.54 bits per heavy atom. The fourth-order valence-electron chi connectivity index (χ4n) is 3.23. The largest absolute Gasteiger partial charge is 0.379 e. The molecule has 26 heavy (non-hydrogen) atoms. The number of ether oxygens (including phenoxy) is 1. The summed E-state index contributed by atoms with van der Waals surface area (Å²) < 4.78 is 5.31. The number of aromatic nitrogens is 1. The molecule has 2 fully saturated rings. The Morgan fingerprint density at radius 1 is 1.08 bits per heavy atom. The number of hydrogen-bond donors (Lipinski definition) is 1. The van der Waals surface area contributed by atoms with Crippen molar-refractivity contribution in [3.8, 4) is 0 Å². The highest BCUT2D eigenvalue weighted by atomic mass is 16.5. The number of rotatable bonds is 5. The van der Waals surface area contributed by atoms with Crippen molar-refractivity contribution in [2.45, 2.75) is 6.42 Å². The van der Waals surface area contributed by atoms with E-state index in [0.717, 1.165) is 45.1 Å². The standard InChI is InChI=1S/C18H27N5O3/c24-17(20-6-3-7-21-12-14-26-15-13-21)18(25)23-10-8-22(9-11-23)16-4-1-2-5-19-16/h1-2,4-5H,3,6-15H2,(H,20,24). The summed E-state index contributed by atoms with van der Waals surface area (Å²) in [5.74, 6) is -0.0255. The second-order valence-electron chi connectivity index (χ2n) is 6.53. The molecule has 2 saturated heterocycles. The van der Waals surface area contributed by atoms with Crippen molar-refractivity contribution in [3.63, 3.8) is 0 Å². The molecule has 0 spiro atoms. The van der Waals surface area contributed by atoms with Crippen LogP contribution >= 0.6 is 0 Å². The van der Waals surface area contributed by atoms with Crippen LogP contribution in [0.1, 0.15) is 6.42 Å². The molecule has 8 nitrogen and oxygen atoms in total. The van der Waals surface area contributed by atoms with Gasteiger partial charge in [0, 0.05) is 52.0 Å². The molecular formula is C18H27N5O3. The van der Waals surface area contributed by atoms with E-state index in [4.69, 9.17) is 4.74 Å². The van der Waals surface area contributed by atoms with Gasteiger partial charge in [-0.05, 0) is 25.1 Å². The average molecular weight is 361 g/mol. The molecule has 0 aromatic carbocycles. The topological polar surface area (TPSA) is 78.0 Å². The van der Waals surface area contributed by atoms with Crippen LogP contribution in [0.15, 0.2) is 24.4 Å². The summed E-state index contributed by atoms with van der Waals surface area (Å²) in [5, 5.41) is 2.75. The molecule has 0 radical (unpaired) electrons. The second kappa shape index (κ2) is 9.49. The fraction of sp³-hybridized carbons (Fsp3) is 0.611. The number of morpholine rings is 1. The fourth-order valence-corrected chi connectivity index (χ4v) is 3.23. The quantitative estimate of drug-likeness (QED) is 0.566. The van der Waals surface area contributed by atoms with Gasteiger partial charge in [0.15, 0.2) is 0 Å². The van der Waals surface area contributed by atoms with Gasteiger partial charge in [-0.1, -0.05) is 6.07 Å². The molecule has 0 aliphatic carbocycles. The van der Waals surface area contributed by atoms with E-state index >= 15 is 0 Å². The third-order valence-corrected chi connectivity index (χ3v) is 4.77. The summed E-state index contributed by atoms with van der Waals surface area (Å²) in [7, 11) is 0. The SMILES string of the molecule is O=C(NCCCN1CCOCC1)C(=O)N1CCN(c2ccccn2)CC1. The maximum absolute atomic E-state index is 12.3. The summed E-state index contributed by atoms with van der Waals surface area (Å²) in [5.41, 5.74) is 0. The van der Waals surface area contributed by atoms with Gasteiger partial charge < -0.3 is 19.9 Å². The van der Waals surface area contributed by atoms with Gasteiger partial charge >= 0.3 is 11.8 Å². The molecule has 3 rings (SSSR count). The molecule has 0 unspecified atom stereocenters. The molecule has 1 aromatic heterocycles. The minimum atomic E-state index is -0.502. The Hall–Kier alpha value is -2.19. The van der Waals surface area contributed by atoms with Crippen LogP contribution in [0.3, 0.4) is 0 Å². The molecule has 0 atom stereocenters. The van der Waals surface area contributed by atoms with Crippen molar-refractivity contribution < 1.29 is 14.3 Å². The van der Waals surface area contributed by atoms with Crippen molar-refractivity contribution in [1.29, 1.82) is 0 Å². The van der Waals surface area contributed by atoms with Crippen molar-refractivity contribution >= 4 is 17.6 Å². The summed E-state index contributed by atoms with van der Waals surface area (Å²) in [4.78, 5) is 34.8. The van der Waals surface area contributed by atoms with Crippen molar-refractivity contribution in [1.82, 2.24) is 20.1 Å². The lowest BCUT2D eigenvalue weighted by atomic mass is 10.3. The number of nitrogens with one attached hydrogen (secondary N) is 1. The average Bonchev–Trinajstić information content (AvgIpc) is 2.72. The van der Waals surface area contributed by atoms with Gasteiger partial charge in [0.25, 0.3) is 0 Å². The monoisotopic (exact) mass is 361 g/mol. The molecular weight excluding hydrogens is 334 g/mol. The van der Waals surface area contributed by atoms with Crippen LogP contribution in [0.5, 0.6) is 0 Å². The van der Waals surface area contributed by atoms with Crippen LogP contribution in [0, 0.1) is 0 Å². The number of pyridine rings is 1. The number of carbonyl (C=O) groups is 2. The minimum absolute atomic E-state index is 0.433. The van der Waals surface area contributed by atoms with Crippen LogP contribution in [0.25, 0.3) is 0 Å². The lowest BCUT2D eigenvalue weighted by Crippen LogP contribution is -2.53. The van der Waals surface area contributed by atoms with Crippen molar-refractivity contribution in [2.24, 2.45) is 0 Å². The van der Waals surface area contributed by atoms with Crippen LogP contribution in [0.4, 0.5) is 5.82 Å². The molecule has 1 aromatic rings. The normalized spacial score (nSPS) is 18.6. The number of carbonyl (C=O) groups excluding carboxylic acids is 2. The molecule has 2 aliphatic heterocycles. The number of piperazine rings is 1. The molecule has 0 saturated carbocycles. The van der Waals surface area contributed by atoms with Crippen LogP contribution in [-0.2, 0) is 14.3 Å². The maximum atomic E-state index is 12.3. The van der Waals surface area contributed by atoms with E-state index in [-0.39, 0.29) is 0 Å². The summed E-state index contributed by atoms with van der Waals surface area (Å²) >= 11 is 0. The lowest BCUT2D eigenvalue weighted by Gasteiger charge is -2.35. The smallest absolute Gasteiger partial charge is 0.312 e. The van der Waals surface area contributed by atoms with Crippen molar-refractivity contribution in [3.05, 3.63) is 24.4 Å². The van der Waals surface area contributed by atoms with Gasteiger partial charge in [-0.3, -0.25) is 14.5 Å². The first-order valence-electron chi connectivity index (χ1n) is 9.27. The Balaban J connectivity index is 1.34. The predicted octanol–water partition coefficient (Wildman–Crippen LogP) is -0.431. The summed E-state index contributed by atoms with van der Waals surface area (Å²) in [6, 6.07) is 5.79. The zero-order valence-corrected chi connectivity index (χ0v) is 15.1. The zero-order chi connectivity index (χ0) is 18.2. The molecule has 0 bridgehead atoms. The number of anilines is 1. The maximum Gasteiger partial charge on any atom is 0.312 e. The lowest BCUT2D eigenvalue weighted by molar-refractivity contribution is -0.146. The number of amides is 2. The Morgan fingerprint density at radius 2 is 1.85 bits per heavy atom. The summed E-state index contributed by atoms with van der Waals surface area (Å²) in [6.07, 6.45) is 2.60. The minimum Gasteiger partial charge on any atom is -0.379 e. The van der Waals surface area contributed by atoms with Crippen LogP contribution < -0.4 is 10.2 Å². The summed E-state index contributed by atoms with van der Waals surface area (Å²) in [6.45, 7) is 7.31. The van der Waals surface area contributed by atoms with E-state index in [1.54, 1.807) is 11.1 Å². The van der Waals surface area contributed by atoms with E-state index in [1.807, 2.05) is 18.2 Å². The van der Waals surface area contributed by atoms with Gasteiger partial charge in [0.05, 0.1) is 13.2 Å². The van der Waals surface area contributed by atoms with Gasteiger partial charge in [0.1, 0.15) is 5.82 Å². The zero-order valence-electron chi connectivity index (χ0n) is 15.1. The Kier molecular flexibility index (Phi) is 6.79. The Labute approximate surface area is 154 Å².